The number of hydrogen-bond donors (Lipinski definition) is 4. The van der Waals surface area contributed by atoms with E-state index in [0.717, 1.165) is 77.0 Å². The second-order valence-electron chi connectivity index (χ2n) is 9.99. The van der Waals surface area contributed by atoms with Crippen LogP contribution in [0.3, 0.4) is 0 Å². The van der Waals surface area contributed by atoms with E-state index in [2.05, 4.69) is 42.2 Å². The Hall–Kier alpha value is -2.94. The molecule has 42 heavy (non-hydrogen) atoms. The van der Waals surface area contributed by atoms with E-state index < -0.39 is 20.2 Å². The minimum absolute atomic E-state index is 0.0868. The van der Waals surface area contributed by atoms with Gasteiger partial charge in [0.25, 0.3) is 0 Å². The molecule has 0 atom stereocenters. The Bertz CT molecular complexity index is 1440. The van der Waals surface area contributed by atoms with Crippen LogP contribution in [0.15, 0.2) is 79.3 Å². The van der Waals surface area contributed by atoms with Crippen molar-refractivity contribution in [2.75, 3.05) is 44.6 Å². The van der Waals surface area contributed by atoms with Crippen LogP contribution in [-0.2, 0) is 13.0 Å². The first-order valence-corrected chi connectivity index (χ1v) is 17.6. The van der Waals surface area contributed by atoms with Crippen LogP contribution in [0, 0.1) is 6.92 Å². The van der Waals surface area contributed by atoms with Crippen LogP contribution >= 0.6 is 9.70 Å². The van der Waals surface area contributed by atoms with Crippen molar-refractivity contribution in [3.8, 4) is 11.3 Å². The first kappa shape index (κ1) is 30.5. The van der Waals surface area contributed by atoms with E-state index in [1.807, 2.05) is 55.5 Å². The average Bonchev–Trinajstić information content (AvgIpc) is 3.05. The summed E-state index contributed by atoms with van der Waals surface area (Å²) in [5.74, 6) is 0.581. The van der Waals surface area contributed by atoms with Crippen molar-refractivity contribution in [3.05, 3.63) is 102 Å². The van der Waals surface area contributed by atoms with Crippen molar-refractivity contribution in [1.29, 1.82) is 1.12 Å². The molecular weight excluding hydrogens is 663 g/mol. The number of aliphatic hydroxyl groups is 1. The molecule has 0 radical (unpaired) electrons. The summed E-state index contributed by atoms with van der Waals surface area (Å²) in [6.07, 6.45) is 5.55. The first-order chi connectivity index (χ1) is 21.0. The number of anilines is 2. The van der Waals surface area contributed by atoms with Crippen LogP contribution in [0.2, 0.25) is 0 Å². The molecule has 0 aliphatic carbocycles. The number of aromatic nitrogens is 3. The monoisotopic (exact) mass is 701 g/mol. The molecule has 2 aromatic heterocycles. The van der Waals surface area contributed by atoms with Gasteiger partial charge in [-0.05, 0) is 47.9 Å². The van der Waals surface area contributed by atoms with Crippen LogP contribution in [0.5, 0.6) is 0 Å². The van der Waals surface area contributed by atoms with Gasteiger partial charge in [0.05, 0.1) is 12.3 Å². The number of rotatable bonds is 11. The van der Waals surface area contributed by atoms with E-state index >= 15 is 0 Å². The van der Waals surface area contributed by atoms with Gasteiger partial charge in [0.2, 0.25) is 5.95 Å². The predicted octanol–water partition coefficient (Wildman–Crippen LogP) is 0.953. The molecule has 1 aliphatic heterocycles. The molecule has 2 aromatic carbocycles. The number of ketones is 1. The zero-order valence-electron chi connectivity index (χ0n) is 24.5. The number of thiol groups is 1. The van der Waals surface area contributed by atoms with Gasteiger partial charge in [-0.1, -0.05) is 36.4 Å². The third kappa shape index (κ3) is 9.54. The molecule has 9 nitrogen and oxygen atoms in total. The molecule has 0 spiro atoms. The number of piperazine rings is 1. The van der Waals surface area contributed by atoms with Crippen molar-refractivity contribution < 1.29 is 33.6 Å². The Labute approximate surface area is 262 Å². The Balaban J connectivity index is 0.000000996. The molecule has 5 rings (SSSR count). The van der Waals surface area contributed by atoms with Crippen LogP contribution in [0.1, 0.15) is 27.0 Å². The average molecular weight is 702 g/mol. The molecule has 3 heterocycles. The van der Waals surface area contributed by atoms with Gasteiger partial charge in [0.15, 0.2) is 5.78 Å². The Kier molecular flexibility index (Phi) is 12.1. The molecular formula is C31H36IN6O3S-. The summed E-state index contributed by atoms with van der Waals surface area (Å²) >= 11 is -0.806. The second-order valence-corrected chi connectivity index (χ2v) is 11.3. The molecule has 0 amide bonds. The van der Waals surface area contributed by atoms with Crippen molar-refractivity contribution in [3.63, 3.8) is 0 Å². The zero-order chi connectivity index (χ0) is 30.4. The third-order valence-corrected chi connectivity index (χ3v) is 7.09. The van der Waals surface area contributed by atoms with Crippen LogP contribution in [0.25, 0.3) is 11.3 Å². The molecule has 222 valence electrons. The third-order valence-electron chi connectivity index (χ3n) is 7.09. The molecule has 11 heteroatoms. The number of aryl methyl sites for hydroxylation is 1. The number of Topliss-reactive ketones (excluding diaryl/α,β-unsaturated/α-hetero) is 1. The molecule has 1 saturated heterocycles. The van der Waals surface area contributed by atoms with Gasteiger partial charge in [0, 0.05) is 81.1 Å². The quantitative estimate of drug-likeness (QED) is 0.103. The van der Waals surface area contributed by atoms with Gasteiger partial charge < -0.3 is 10.4 Å². The molecule has 0 bridgehead atoms. The summed E-state index contributed by atoms with van der Waals surface area (Å²) in [7, 11) is 0.772. The van der Waals surface area contributed by atoms with E-state index in [4.69, 9.17) is 9.67 Å². The zero-order valence-corrected chi connectivity index (χ0v) is 26.5. The Morgan fingerprint density at radius 2 is 1.79 bits per heavy atom. The topological polar surface area (TPSA) is 115 Å². The number of hydrogen-bond acceptors (Lipinski definition) is 10. The normalized spacial score (nSPS) is 14.1. The van der Waals surface area contributed by atoms with Crippen molar-refractivity contribution >= 4 is 27.1 Å². The van der Waals surface area contributed by atoms with Gasteiger partial charge in [-0.2, -0.15) is 0 Å². The van der Waals surface area contributed by atoms with Gasteiger partial charge in [-0.25, -0.2) is 9.97 Å². The molecule has 0 saturated carbocycles. The maximum absolute atomic E-state index is 13.1. The summed E-state index contributed by atoms with van der Waals surface area (Å²) in [6, 6.07) is 19.7. The number of nitrogens with zero attached hydrogens (tertiary/aromatic N) is 5. The number of pyridine rings is 1. The van der Waals surface area contributed by atoms with Gasteiger partial charge >= 0.3 is 34.5 Å². The number of carbonyl (C=O) groups excluding carboxylic acids is 1. The SMILES string of the molecule is Cc1ccc(CC(=O)c2ccc(CN3CCN(CCO)CC3)cc2)cc1Nc1nccc(-c2cccnc2)n1.[3H]S[I-]O. The molecule has 1 fully saturated rings. The van der Waals surface area contributed by atoms with Gasteiger partial charge in [-0.15, -0.1) is 0 Å². The predicted molar refractivity (Wildman–Crippen MR) is 164 cm³/mol. The first-order valence-electron chi connectivity index (χ1n) is 14.1. The van der Waals surface area contributed by atoms with Crippen LogP contribution in [-0.4, -0.2) is 79.5 Å². The fourth-order valence-corrected chi connectivity index (χ4v) is 4.78. The summed E-state index contributed by atoms with van der Waals surface area (Å²) in [6.45, 7) is 7.79. The molecule has 4 aromatic rings. The van der Waals surface area contributed by atoms with Gasteiger partial charge in [0.1, 0.15) is 0 Å². The number of benzene rings is 2. The number of β-amino-alcohol motifs (C(OH)–C–C–N with tert-alkyl or cyclic N) is 1. The van der Waals surface area contributed by atoms with E-state index in [1.54, 1.807) is 18.6 Å². The number of halogens is 1. The molecule has 3 N–H and O–H groups in total. The number of aliphatic hydroxyl groups excluding tert-OH is 1. The van der Waals surface area contributed by atoms with Crippen molar-refractivity contribution in [2.24, 2.45) is 0 Å². The summed E-state index contributed by atoms with van der Waals surface area (Å²) < 4.78 is 13.9. The fourth-order valence-electron chi connectivity index (χ4n) is 4.78. The maximum atomic E-state index is 13.1. The van der Waals surface area contributed by atoms with E-state index in [0.29, 0.717) is 17.9 Å². The number of carbonyl (C=O) groups is 1. The van der Waals surface area contributed by atoms with Crippen LogP contribution in [0.4, 0.5) is 11.6 Å². The molecule has 1 aliphatic rings. The van der Waals surface area contributed by atoms with Crippen LogP contribution < -0.4 is 25.6 Å². The fraction of sp³-hybridized carbons (Fsp3) is 0.290. The van der Waals surface area contributed by atoms with Gasteiger partial charge in [-0.3, -0.25) is 19.6 Å². The van der Waals surface area contributed by atoms with E-state index in [9.17, 15) is 4.79 Å². The van der Waals surface area contributed by atoms with E-state index in [1.165, 1.54) is 5.56 Å². The van der Waals surface area contributed by atoms with E-state index in [-0.39, 0.29) is 12.4 Å². The Morgan fingerprint density at radius 1 is 1.05 bits per heavy atom. The van der Waals surface area contributed by atoms with Crippen molar-refractivity contribution in [1.82, 2.24) is 24.8 Å². The summed E-state index contributed by atoms with van der Waals surface area (Å²) in [5, 5.41) is 12.4. The number of nitrogens with one attached hydrogen (secondary N) is 1. The summed E-state index contributed by atoms with van der Waals surface area (Å²) in [4.78, 5) is 31.0. The Morgan fingerprint density at radius 3 is 2.48 bits per heavy atom. The minimum atomic E-state index is -0.806. The van der Waals surface area contributed by atoms with Crippen molar-refractivity contribution in [2.45, 2.75) is 19.9 Å². The standard InChI is InChI=1S/C31H34N6O2.H2IOS/c1-23-4-5-25(19-29(23)35-31-33-12-10-28(34-31)27-3-2-11-32-21-27)20-30(39)26-8-6-24(7-9-26)22-37-15-13-36(14-16-37)17-18-38;2-1-3/h2-12,19,21,38H,13-18,20,22H2,1H3,(H,33,34,35);2-3H/q;-1/i;3T. The second kappa shape index (κ2) is 16.6. The molecule has 0 unspecified atom stereocenters. The summed E-state index contributed by atoms with van der Waals surface area (Å²) in [5.41, 5.74) is 6.48.